The predicted molar refractivity (Wildman–Crippen MR) is 78.8 cm³/mol. The van der Waals surface area contributed by atoms with Crippen LogP contribution in [0.4, 0.5) is 4.39 Å². The van der Waals surface area contributed by atoms with Crippen molar-refractivity contribution < 1.29 is 4.39 Å². The molecular weight excluding hydrogens is 259 g/mol. The third-order valence-corrected chi connectivity index (χ3v) is 3.94. The molecule has 19 heavy (non-hydrogen) atoms. The Morgan fingerprint density at radius 1 is 1.37 bits per heavy atom. The van der Waals surface area contributed by atoms with Gasteiger partial charge in [-0.3, -0.25) is 0 Å². The molecule has 0 saturated heterocycles. The normalized spacial score (nSPS) is 11.2. The molecule has 0 fully saturated rings. The molecule has 2 rings (SSSR count). The van der Waals surface area contributed by atoms with Crippen molar-refractivity contribution in [3.63, 3.8) is 0 Å². The van der Waals surface area contributed by atoms with Gasteiger partial charge in [0.25, 0.3) is 0 Å². The number of hydrogen-bond acceptors (Lipinski definition) is 3. The van der Waals surface area contributed by atoms with Gasteiger partial charge in [0.05, 0.1) is 5.69 Å². The molecule has 1 heterocycles. The van der Waals surface area contributed by atoms with Crippen molar-refractivity contribution in [3.8, 4) is 10.6 Å². The maximum atomic E-state index is 13.3. The summed E-state index contributed by atoms with van der Waals surface area (Å²) < 4.78 is 13.3. The number of nitrogens with one attached hydrogen (secondary N) is 1. The van der Waals surface area contributed by atoms with Gasteiger partial charge < -0.3 is 5.32 Å². The third kappa shape index (κ3) is 3.61. The molecule has 0 aliphatic carbocycles. The van der Waals surface area contributed by atoms with Gasteiger partial charge in [0.15, 0.2) is 0 Å². The maximum absolute atomic E-state index is 13.3. The van der Waals surface area contributed by atoms with Crippen LogP contribution in [-0.4, -0.2) is 12.0 Å². The first-order chi connectivity index (χ1) is 9.10. The molecule has 0 aliphatic heterocycles. The maximum Gasteiger partial charge on any atom is 0.124 e. The topological polar surface area (TPSA) is 24.9 Å². The zero-order valence-corrected chi connectivity index (χ0v) is 12.4. The number of aromatic nitrogens is 1. The van der Waals surface area contributed by atoms with Crippen molar-refractivity contribution in [2.24, 2.45) is 5.92 Å². The van der Waals surface area contributed by atoms with Crippen LogP contribution < -0.4 is 5.32 Å². The van der Waals surface area contributed by atoms with Crippen molar-refractivity contribution in [2.75, 3.05) is 7.05 Å². The fourth-order valence-corrected chi connectivity index (χ4v) is 3.07. The van der Waals surface area contributed by atoms with Crippen LogP contribution in [0.5, 0.6) is 0 Å². The van der Waals surface area contributed by atoms with Gasteiger partial charge in [-0.15, -0.1) is 11.3 Å². The second-order valence-electron chi connectivity index (χ2n) is 5.03. The molecule has 2 aromatic rings. The lowest BCUT2D eigenvalue weighted by Crippen LogP contribution is -2.07. The Balaban J connectivity index is 2.36. The minimum absolute atomic E-state index is 0.215. The molecule has 0 spiro atoms. The molecule has 1 N–H and O–H groups in total. The minimum Gasteiger partial charge on any atom is -0.315 e. The fraction of sp³-hybridized carbons (Fsp3) is 0.400. The summed E-state index contributed by atoms with van der Waals surface area (Å²) in [6.07, 6.45) is 0.961. The molecule has 102 valence electrons. The lowest BCUT2D eigenvalue weighted by Gasteiger charge is -2.03. The SMILES string of the molecule is CNCc1sc(-c2cccc(F)c2)nc1CC(C)C. The number of nitrogens with zero attached hydrogens (tertiary/aromatic N) is 1. The van der Waals surface area contributed by atoms with E-state index >= 15 is 0 Å². The Bertz CT molecular complexity index is 549. The predicted octanol–water partition coefficient (Wildman–Crippen LogP) is 3.87. The molecule has 1 aromatic heterocycles. The Hall–Kier alpha value is -1.26. The number of benzene rings is 1. The van der Waals surface area contributed by atoms with Crippen LogP contribution in [-0.2, 0) is 13.0 Å². The molecule has 0 unspecified atom stereocenters. The molecule has 0 saturated carbocycles. The van der Waals surface area contributed by atoms with E-state index in [2.05, 4.69) is 19.2 Å². The highest BCUT2D eigenvalue weighted by molar-refractivity contribution is 7.15. The van der Waals surface area contributed by atoms with E-state index < -0.39 is 0 Å². The first-order valence-corrected chi connectivity index (χ1v) is 7.31. The van der Waals surface area contributed by atoms with Crippen LogP contribution >= 0.6 is 11.3 Å². The summed E-state index contributed by atoms with van der Waals surface area (Å²) in [5, 5.41) is 4.07. The van der Waals surface area contributed by atoms with Crippen LogP contribution in [0.1, 0.15) is 24.4 Å². The quantitative estimate of drug-likeness (QED) is 0.898. The van der Waals surface area contributed by atoms with Gasteiger partial charge in [-0.25, -0.2) is 9.37 Å². The molecule has 1 aromatic carbocycles. The lowest BCUT2D eigenvalue weighted by atomic mass is 10.1. The van der Waals surface area contributed by atoms with Crippen molar-refractivity contribution in [3.05, 3.63) is 40.7 Å². The number of hydrogen-bond donors (Lipinski definition) is 1. The van der Waals surface area contributed by atoms with Gasteiger partial charge in [0.2, 0.25) is 0 Å². The second-order valence-corrected chi connectivity index (χ2v) is 6.11. The van der Waals surface area contributed by atoms with Gasteiger partial charge in [0, 0.05) is 17.0 Å². The minimum atomic E-state index is -0.215. The summed E-state index contributed by atoms with van der Waals surface area (Å²) in [5.41, 5.74) is 1.99. The molecule has 4 heteroatoms. The Morgan fingerprint density at radius 3 is 2.79 bits per heavy atom. The van der Waals surface area contributed by atoms with Crippen molar-refractivity contribution in [1.29, 1.82) is 0 Å². The van der Waals surface area contributed by atoms with Gasteiger partial charge in [-0.1, -0.05) is 26.0 Å². The van der Waals surface area contributed by atoms with Crippen LogP contribution in [0.15, 0.2) is 24.3 Å². The molecule has 0 atom stereocenters. The van der Waals surface area contributed by atoms with Crippen LogP contribution in [0.25, 0.3) is 10.6 Å². The summed E-state index contributed by atoms with van der Waals surface area (Å²) in [4.78, 5) is 5.94. The van der Waals surface area contributed by atoms with E-state index in [-0.39, 0.29) is 5.82 Å². The first kappa shape index (κ1) is 14.2. The van der Waals surface area contributed by atoms with Crippen LogP contribution in [0.3, 0.4) is 0 Å². The molecule has 0 radical (unpaired) electrons. The summed E-state index contributed by atoms with van der Waals surface area (Å²) >= 11 is 1.65. The Morgan fingerprint density at radius 2 is 2.16 bits per heavy atom. The monoisotopic (exact) mass is 278 g/mol. The van der Waals surface area contributed by atoms with Crippen molar-refractivity contribution >= 4 is 11.3 Å². The highest BCUT2D eigenvalue weighted by atomic mass is 32.1. The van der Waals surface area contributed by atoms with E-state index in [1.807, 2.05) is 13.1 Å². The molecule has 0 bridgehead atoms. The molecule has 2 nitrogen and oxygen atoms in total. The zero-order chi connectivity index (χ0) is 13.8. The van der Waals surface area contributed by atoms with Crippen molar-refractivity contribution in [1.82, 2.24) is 10.3 Å². The summed E-state index contributed by atoms with van der Waals surface area (Å²) in [6, 6.07) is 6.64. The smallest absolute Gasteiger partial charge is 0.124 e. The summed E-state index contributed by atoms with van der Waals surface area (Å²) in [5.74, 6) is 0.353. The standard InChI is InChI=1S/C15H19FN2S/c1-10(2)7-13-14(9-17-3)19-15(18-13)11-5-4-6-12(16)8-11/h4-6,8,10,17H,7,9H2,1-3H3. The highest BCUT2D eigenvalue weighted by Crippen LogP contribution is 2.29. The third-order valence-electron chi connectivity index (χ3n) is 2.79. The second kappa shape index (κ2) is 6.26. The summed E-state index contributed by atoms with van der Waals surface area (Å²) in [6.45, 7) is 5.18. The zero-order valence-electron chi connectivity index (χ0n) is 11.5. The van der Waals surface area contributed by atoms with Gasteiger partial charge in [-0.05, 0) is 31.5 Å². The van der Waals surface area contributed by atoms with Crippen LogP contribution in [0.2, 0.25) is 0 Å². The van der Waals surface area contributed by atoms with E-state index in [0.29, 0.717) is 5.92 Å². The van der Waals surface area contributed by atoms with E-state index in [9.17, 15) is 4.39 Å². The van der Waals surface area contributed by atoms with E-state index in [1.54, 1.807) is 23.5 Å². The molecular formula is C15H19FN2S. The van der Waals surface area contributed by atoms with Crippen LogP contribution in [0, 0.1) is 11.7 Å². The Labute approximate surface area is 117 Å². The number of rotatable bonds is 5. The molecule has 0 aliphatic rings. The average Bonchev–Trinajstić information content (AvgIpc) is 2.72. The van der Waals surface area contributed by atoms with Crippen molar-refractivity contribution in [2.45, 2.75) is 26.8 Å². The van der Waals surface area contributed by atoms with E-state index in [0.717, 1.165) is 29.2 Å². The van der Waals surface area contributed by atoms with Gasteiger partial charge >= 0.3 is 0 Å². The Kier molecular flexibility index (Phi) is 4.66. The highest BCUT2D eigenvalue weighted by Gasteiger charge is 2.13. The van der Waals surface area contributed by atoms with E-state index in [1.165, 1.54) is 10.9 Å². The van der Waals surface area contributed by atoms with Gasteiger partial charge in [-0.2, -0.15) is 0 Å². The lowest BCUT2D eigenvalue weighted by molar-refractivity contribution is 0.627. The van der Waals surface area contributed by atoms with Gasteiger partial charge in [0.1, 0.15) is 10.8 Å². The average molecular weight is 278 g/mol. The fourth-order valence-electron chi connectivity index (χ4n) is 1.97. The largest absolute Gasteiger partial charge is 0.315 e. The number of halogens is 1. The summed E-state index contributed by atoms with van der Waals surface area (Å²) in [7, 11) is 1.93. The first-order valence-electron chi connectivity index (χ1n) is 6.49. The van der Waals surface area contributed by atoms with E-state index in [4.69, 9.17) is 4.98 Å². The number of thiazole rings is 1. The molecule has 0 amide bonds.